The molecule has 0 spiro atoms. The van der Waals surface area contributed by atoms with Crippen LogP contribution in [0, 0.1) is 6.92 Å². The molecule has 3 nitrogen and oxygen atoms in total. The minimum Gasteiger partial charge on any atom is -0.335 e. The fourth-order valence-corrected chi connectivity index (χ4v) is 2.81. The molecule has 116 valence electrons. The number of aromatic nitrogens is 1. The van der Waals surface area contributed by atoms with E-state index in [9.17, 15) is 4.79 Å². The van der Waals surface area contributed by atoms with Crippen molar-refractivity contribution < 1.29 is 4.79 Å². The summed E-state index contributed by atoms with van der Waals surface area (Å²) in [6.45, 7) is 3.97. The van der Waals surface area contributed by atoms with Crippen LogP contribution < -0.4 is 0 Å². The van der Waals surface area contributed by atoms with E-state index in [0.29, 0.717) is 5.56 Å². The lowest BCUT2D eigenvalue weighted by Crippen LogP contribution is -2.30. The van der Waals surface area contributed by atoms with Crippen molar-refractivity contribution in [1.82, 2.24) is 9.88 Å². The largest absolute Gasteiger partial charge is 0.335 e. The van der Waals surface area contributed by atoms with Crippen molar-refractivity contribution in [2.75, 3.05) is 7.05 Å². The number of aryl methyl sites for hydroxylation is 1. The number of carbonyl (C=O) groups is 1. The molecule has 1 atom stereocenters. The number of hydrogen-bond donors (Lipinski definition) is 0. The van der Waals surface area contributed by atoms with Crippen LogP contribution in [-0.4, -0.2) is 22.8 Å². The zero-order valence-corrected chi connectivity index (χ0v) is 13.7. The molecule has 0 saturated heterocycles. The lowest BCUT2D eigenvalue weighted by molar-refractivity contribution is 0.0744. The average Bonchev–Trinajstić information content (AvgIpc) is 2.59. The van der Waals surface area contributed by atoms with Crippen molar-refractivity contribution in [2.45, 2.75) is 19.9 Å². The molecule has 3 heteroatoms. The molecule has 1 aromatic heterocycles. The summed E-state index contributed by atoms with van der Waals surface area (Å²) in [6.07, 6.45) is 0. The molecule has 1 amide bonds. The normalized spacial score (nSPS) is 12.1. The van der Waals surface area contributed by atoms with Crippen LogP contribution in [0.25, 0.3) is 10.9 Å². The molecule has 0 bridgehead atoms. The van der Waals surface area contributed by atoms with Gasteiger partial charge in [-0.2, -0.15) is 0 Å². The van der Waals surface area contributed by atoms with Gasteiger partial charge in [0.05, 0.1) is 17.1 Å². The third-order valence-electron chi connectivity index (χ3n) is 4.26. The lowest BCUT2D eigenvalue weighted by Gasteiger charge is -2.26. The topological polar surface area (TPSA) is 33.2 Å². The van der Waals surface area contributed by atoms with Gasteiger partial charge in [0.25, 0.3) is 5.91 Å². The number of amides is 1. The summed E-state index contributed by atoms with van der Waals surface area (Å²) >= 11 is 0. The highest BCUT2D eigenvalue weighted by Crippen LogP contribution is 2.24. The van der Waals surface area contributed by atoms with Crippen LogP contribution in [0.1, 0.15) is 34.6 Å². The first-order chi connectivity index (χ1) is 11.1. The molecule has 3 aromatic rings. The minimum atomic E-state index is 0.0101. The zero-order valence-electron chi connectivity index (χ0n) is 13.7. The van der Waals surface area contributed by atoms with E-state index in [1.165, 1.54) is 0 Å². The van der Waals surface area contributed by atoms with Gasteiger partial charge in [-0.05, 0) is 31.5 Å². The summed E-state index contributed by atoms with van der Waals surface area (Å²) in [4.78, 5) is 19.3. The lowest BCUT2D eigenvalue weighted by atomic mass is 10.0. The molecule has 0 radical (unpaired) electrons. The Kier molecular flexibility index (Phi) is 4.11. The number of pyridine rings is 1. The van der Waals surface area contributed by atoms with Crippen molar-refractivity contribution in [3.63, 3.8) is 0 Å². The van der Waals surface area contributed by atoms with E-state index in [1.807, 2.05) is 81.6 Å². The van der Waals surface area contributed by atoms with Crippen molar-refractivity contribution >= 4 is 16.8 Å². The van der Waals surface area contributed by atoms with Crippen LogP contribution >= 0.6 is 0 Å². The molecule has 0 N–H and O–H groups in total. The van der Waals surface area contributed by atoms with Crippen LogP contribution in [0.15, 0.2) is 60.7 Å². The Hall–Kier alpha value is -2.68. The van der Waals surface area contributed by atoms with Gasteiger partial charge in [0.15, 0.2) is 0 Å². The Balaban J connectivity index is 2.00. The number of fused-ring (bicyclic) bond motifs is 1. The van der Waals surface area contributed by atoms with Crippen LogP contribution in [0.3, 0.4) is 0 Å². The molecule has 23 heavy (non-hydrogen) atoms. The SMILES string of the molecule is Cc1cc(C(=O)N(C)C(C)c2ccccc2)c2ccccc2n1. The molecule has 2 aromatic carbocycles. The van der Waals surface area contributed by atoms with E-state index in [4.69, 9.17) is 0 Å². The van der Waals surface area contributed by atoms with Gasteiger partial charge >= 0.3 is 0 Å². The Morgan fingerprint density at radius 3 is 2.43 bits per heavy atom. The third-order valence-corrected chi connectivity index (χ3v) is 4.26. The standard InChI is InChI=1S/C20H20N2O/c1-14-13-18(17-11-7-8-12-19(17)21-14)20(23)22(3)15(2)16-9-5-4-6-10-16/h4-13,15H,1-3H3. The molecular formula is C20H20N2O. The maximum atomic E-state index is 13.0. The Morgan fingerprint density at radius 2 is 1.70 bits per heavy atom. The molecule has 0 saturated carbocycles. The highest BCUT2D eigenvalue weighted by atomic mass is 16.2. The zero-order chi connectivity index (χ0) is 16.4. The van der Waals surface area contributed by atoms with Crippen molar-refractivity contribution in [2.24, 2.45) is 0 Å². The minimum absolute atomic E-state index is 0.0101. The predicted molar refractivity (Wildman–Crippen MR) is 93.4 cm³/mol. The molecule has 3 rings (SSSR count). The molecule has 0 aliphatic carbocycles. The van der Waals surface area contributed by atoms with Crippen molar-refractivity contribution in [1.29, 1.82) is 0 Å². The second-order valence-electron chi connectivity index (χ2n) is 5.83. The summed E-state index contributed by atoms with van der Waals surface area (Å²) in [7, 11) is 1.85. The molecule has 1 heterocycles. The van der Waals surface area contributed by atoms with E-state index in [1.54, 1.807) is 4.90 Å². The maximum absolute atomic E-state index is 13.0. The molecule has 0 fully saturated rings. The van der Waals surface area contributed by atoms with E-state index < -0.39 is 0 Å². The van der Waals surface area contributed by atoms with Crippen LogP contribution in [0.4, 0.5) is 0 Å². The molecular weight excluding hydrogens is 284 g/mol. The van der Waals surface area contributed by atoms with Gasteiger partial charge in [0.1, 0.15) is 0 Å². The number of carbonyl (C=O) groups excluding carboxylic acids is 1. The van der Waals surface area contributed by atoms with E-state index in [2.05, 4.69) is 4.98 Å². The molecule has 0 aliphatic rings. The van der Waals surface area contributed by atoms with Crippen LogP contribution in [0.2, 0.25) is 0 Å². The Labute approximate surface area is 136 Å². The van der Waals surface area contributed by atoms with Gasteiger partial charge in [-0.25, -0.2) is 0 Å². The van der Waals surface area contributed by atoms with Crippen LogP contribution in [-0.2, 0) is 0 Å². The third kappa shape index (κ3) is 2.95. The smallest absolute Gasteiger partial charge is 0.254 e. The number of rotatable bonds is 3. The van der Waals surface area contributed by atoms with E-state index >= 15 is 0 Å². The number of hydrogen-bond acceptors (Lipinski definition) is 2. The summed E-state index contributed by atoms with van der Waals surface area (Å²) in [5.74, 6) is 0.0167. The predicted octanol–water partition coefficient (Wildman–Crippen LogP) is 4.38. The van der Waals surface area contributed by atoms with Gasteiger partial charge < -0.3 is 4.90 Å². The fraction of sp³-hybridized carbons (Fsp3) is 0.200. The Bertz CT molecular complexity index is 843. The monoisotopic (exact) mass is 304 g/mol. The quantitative estimate of drug-likeness (QED) is 0.719. The average molecular weight is 304 g/mol. The van der Waals surface area contributed by atoms with Gasteiger partial charge in [-0.1, -0.05) is 48.5 Å². The first kappa shape index (κ1) is 15.2. The summed E-state index contributed by atoms with van der Waals surface area (Å²) in [6, 6.07) is 19.7. The summed E-state index contributed by atoms with van der Waals surface area (Å²) < 4.78 is 0. The van der Waals surface area contributed by atoms with Gasteiger partial charge in [0.2, 0.25) is 0 Å². The molecule has 1 unspecified atom stereocenters. The van der Waals surface area contributed by atoms with Crippen LogP contribution in [0.5, 0.6) is 0 Å². The highest BCUT2D eigenvalue weighted by Gasteiger charge is 2.21. The maximum Gasteiger partial charge on any atom is 0.254 e. The first-order valence-electron chi connectivity index (χ1n) is 7.76. The molecule has 0 aliphatic heterocycles. The summed E-state index contributed by atoms with van der Waals surface area (Å²) in [5.41, 5.74) is 3.54. The van der Waals surface area contributed by atoms with Crippen molar-refractivity contribution in [3.8, 4) is 0 Å². The highest BCUT2D eigenvalue weighted by molar-refractivity contribution is 6.06. The van der Waals surface area contributed by atoms with Gasteiger partial charge in [0, 0.05) is 18.1 Å². The second kappa shape index (κ2) is 6.21. The van der Waals surface area contributed by atoms with Gasteiger partial charge in [-0.3, -0.25) is 9.78 Å². The van der Waals surface area contributed by atoms with Crippen molar-refractivity contribution in [3.05, 3.63) is 77.5 Å². The number of para-hydroxylation sites is 1. The second-order valence-corrected chi connectivity index (χ2v) is 5.83. The van der Waals surface area contributed by atoms with E-state index in [-0.39, 0.29) is 11.9 Å². The van der Waals surface area contributed by atoms with E-state index in [0.717, 1.165) is 22.2 Å². The first-order valence-corrected chi connectivity index (χ1v) is 7.76. The number of nitrogens with zero attached hydrogens (tertiary/aromatic N) is 2. The van der Waals surface area contributed by atoms with Gasteiger partial charge in [-0.15, -0.1) is 0 Å². The fourth-order valence-electron chi connectivity index (χ4n) is 2.81. The Morgan fingerprint density at radius 1 is 1.04 bits per heavy atom. The number of benzene rings is 2. The summed E-state index contributed by atoms with van der Waals surface area (Å²) in [5, 5.41) is 0.898.